The maximum atomic E-state index is 10.6. The molecule has 0 saturated carbocycles. The lowest BCUT2D eigenvalue weighted by Crippen LogP contribution is -2.54. The van der Waals surface area contributed by atoms with Gasteiger partial charge in [-0.15, -0.1) is 0 Å². The average molecular weight is 188 g/mol. The summed E-state index contributed by atoms with van der Waals surface area (Å²) < 4.78 is 0. The summed E-state index contributed by atoms with van der Waals surface area (Å²) in [6.07, 6.45) is -1.98. The lowest BCUT2D eigenvalue weighted by atomic mass is 10.2. The summed E-state index contributed by atoms with van der Waals surface area (Å²) in [5.74, 6) is 0. The number of amides is 2. The van der Waals surface area contributed by atoms with Crippen molar-refractivity contribution in [3.8, 4) is 0 Å². The minimum atomic E-state index is -0.989. The Bertz CT molecular complexity index is 231. The van der Waals surface area contributed by atoms with Crippen molar-refractivity contribution >= 4 is 12.2 Å². The largest absolute Gasteiger partial charge is 0.465 e. The van der Waals surface area contributed by atoms with Gasteiger partial charge in [0.25, 0.3) is 0 Å². The molecule has 0 unspecified atom stereocenters. The number of hydrogen-bond donors (Lipinski definition) is 2. The van der Waals surface area contributed by atoms with E-state index in [9.17, 15) is 9.59 Å². The van der Waals surface area contributed by atoms with E-state index in [0.29, 0.717) is 0 Å². The third-order valence-corrected chi connectivity index (χ3v) is 2.14. The molecule has 74 valence electrons. The van der Waals surface area contributed by atoms with Gasteiger partial charge in [-0.05, 0) is 6.92 Å². The first kappa shape index (κ1) is 9.63. The number of carboxylic acid groups (broad SMARTS) is 2. The van der Waals surface area contributed by atoms with Crippen molar-refractivity contribution in [2.24, 2.45) is 0 Å². The number of rotatable bonds is 0. The molecular formula is C7H12N2O4. The SMILES string of the molecule is C[C@@H]1CN(C(=O)O)CCN1C(=O)O. The number of carbonyl (C=O) groups is 2. The summed E-state index contributed by atoms with van der Waals surface area (Å²) >= 11 is 0. The van der Waals surface area contributed by atoms with Crippen LogP contribution in [-0.2, 0) is 0 Å². The van der Waals surface area contributed by atoms with E-state index in [4.69, 9.17) is 10.2 Å². The molecule has 0 aromatic rings. The van der Waals surface area contributed by atoms with E-state index in [-0.39, 0.29) is 25.7 Å². The van der Waals surface area contributed by atoms with Gasteiger partial charge in [0.2, 0.25) is 0 Å². The van der Waals surface area contributed by atoms with Gasteiger partial charge in [0.15, 0.2) is 0 Å². The van der Waals surface area contributed by atoms with E-state index in [1.54, 1.807) is 6.92 Å². The van der Waals surface area contributed by atoms with Gasteiger partial charge >= 0.3 is 12.2 Å². The van der Waals surface area contributed by atoms with Crippen molar-refractivity contribution in [1.82, 2.24) is 9.80 Å². The fourth-order valence-electron chi connectivity index (χ4n) is 1.42. The highest BCUT2D eigenvalue weighted by Gasteiger charge is 2.28. The molecule has 2 amide bonds. The molecule has 6 nitrogen and oxygen atoms in total. The third-order valence-electron chi connectivity index (χ3n) is 2.14. The van der Waals surface area contributed by atoms with E-state index in [0.717, 1.165) is 0 Å². The fraction of sp³-hybridized carbons (Fsp3) is 0.714. The monoisotopic (exact) mass is 188 g/mol. The quantitative estimate of drug-likeness (QED) is 0.574. The molecule has 0 spiro atoms. The van der Waals surface area contributed by atoms with Crippen LogP contribution in [0.3, 0.4) is 0 Å². The Morgan fingerprint density at radius 3 is 2.23 bits per heavy atom. The van der Waals surface area contributed by atoms with Crippen LogP contribution < -0.4 is 0 Å². The summed E-state index contributed by atoms with van der Waals surface area (Å²) in [6.45, 7) is 2.46. The molecule has 0 aromatic carbocycles. The molecule has 0 aromatic heterocycles. The van der Waals surface area contributed by atoms with Crippen molar-refractivity contribution < 1.29 is 19.8 Å². The number of piperazine rings is 1. The van der Waals surface area contributed by atoms with Crippen molar-refractivity contribution in [2.45, 2.75) is 13.0 Å². The number of nitrogens with zero attached hydrogens (tertiary/aromatic N) is 2. The first-order valence-corrected chi connectivity index (χ1v) is 4.00. The topological polar surface area (TPSA) is 81.1 Å². The van der Waals surface area contributed by atoms with Gasteiger partial charge in [-0.1, -0.05) is 0 Å². The second-order valence-corrected chi connectivity index (χ2v) is 3.05. The third kappa shape index (κ3) is 2.01. The Morgan fingerprint density at radius 1 is 1.23 bits per heavy atom. The van der Waals surface area contributed by atoms with Gasteiger partial charge in [0.05, 0.1) is 6.04 Å². The molecule has 1 saturated heterocycles. The highest BCUT2D eigenvalue weighted by Crippen LogP contribution is 2.09. The Labute approximate surface area is 75.4 Å². The molecule has 0 bridgehead atoms. The van der Waals surface area contributed by atoms with E-state index in [1.807, 2.05) is 0 Å². The smallest absolute Gasteiger partial charge is 0.407 e. The van der Waals surface area contributed by atoms with E-state index >= 15 is 0 Å². The zero-order valence-corrected chi connectivity index (χ0v) is 7.30. The first-order valence-electron chi connectivity index (χ1n) is 4.00. The molecule has 0 aliphatic carbocycles. The molecule has 6 heteroatoms. The molecule has 2 N–H and O–H groups in total. The highest BCUT2D eigenvalue weighted by molar-refractivity contribution is 5.68. The van der Waals surface area contributed by atoms with Gasteiger partial charge in [-0.2, -0.15) is 0 Å². The van der Waals surface area contributed by atoms with Gasteiger partial charge < -0.3 is 20.0 Å². The zero-order chi connectivity index (χ0) is 10.0. The molecule has 13 heavy (non-hydrogen) atoms. The Morgan fingerprint density at radius 2 is 1.85 bits per heavy atom. The average Bonchev–Trinajstić information content (AvgIpc) is 2.03. The fourth-order valence-corrected chi connectivity index (χ4v) is 1.42. The summed E-state index contributed by atoms with van der Waals surface area (Å²) in [7, 11) is 0. The Balaban J connectivity index is 2.56. The predicted octanol–water partition coefficient (Wildman–Crippen LogP) is 0.348. The van der Waals surface area contributed by atoms with Crippen LogP contribution in [0.4, 0.5) is 9.59 Å². The van der Waals surface area contributed by atoms with Crippen LogP contribution in [0, 0.1) is 0 Å². The highest BCUT2D eigenvalue weighted by atomic mass is 16.4. The van der Waals surface area contributed by atoms with E-state index in [2.05, 4.69) is 0 Å². The molecular weight excluding hydrogens is 176 g/mol. The second kappa shape index (κ2) is 3.51. The maximum Gasteiger partial charge on any atom is 0.407 e. The van der Waals surface area contributed by atoms with Crippen molar-refractivity contribution in [2.75, 3.05) is 19.6 Å². The summed E-state index contributed by atoms with van der Waals surface area (Å²) in [6, 6.07) is -0.262. The summed E-state index contributed by atoms with van der Waals surface area (Å²) in [5.41, 5.74) is 0. The van der Waals surface area contributed by atoms with Crippen LogP contribution in [0.5, 0.6) is 0 Å². The van der Waals surface area contributed by atoms with Crippen molar-refractivity contribution in [3.05, 3.63) is 0 Å². The second-order valence-electron chi connectivity index (χ2n) is 3.05. The molecule has 1 aliphatic rings. The zero-order valence-electron chi connectivity index (χ0n) is 7.30. The van der Waals surface area contributed by atoms with Gasteiger partial charge in [0, 0.05) is 19.6 Å². The van der Waals surface area contributed by atoms with Gasteiger partial charge in [-0.3, -0.25) is 0 Å². The predicted molar refractivity (Wildman–Crippen MR) is 43.8 cm³/mol. The molecule has 1 atom stereocenters. The lowest BCUT2D eigenvalue weighted by molar-refractivity contribution is 0.0692. The van der Waals surface area contributed by atoms with Crippen LogP contribution in [-0.4, -0.2) is 57.9 Å². The summed E-state index contributed by atoms with van der Waals surface area (Å²) in [5, 5.41) is 17.3. The summed E-state index contributed by atoms with van der Waals surface area (Å²) in [4.78, 5) is 23.6. The Hall–Kier alpha value is -1.46. The van der Waals surface area contributed by atoms with Crippen LogP contribution in [0.15, 0.2) is 0 Å². The van der Waals surface area contributed by atoms with Crippen LogP contribution in [0.25, 0.3) is 0 Å². The number of hydrogen-bond acceptors (Lipinski definition) is 2. The van der Waals surface area contributed by atoms with Gasteiger partial charge in [0.1, 0.15) is 0 Å². The normalized spacial score (nSPS) is 23.0. The van der Waals surface area contributed by atoms with Crippen molar-refractivity contribution in [1.29, 1.82) is 0 Å². The minimum Gasteiger partial charge on any atom is -0.465 e. The van der Waals surface area contributed by atoms with Crippen LogP contribution in [0.2, 0.25) is 0 Å². The van der Waals surface area contributed by atoms with Crippen molar-refractivity contribution in [3.63, 3.8) is 0 Å². The minimum absolute atomic E-state index is 0.252. The van der Waals surface area contributed by atoms with E-state index < -0.39 is 12.2 Å². The molecule has 1 fully saturated rings. The lowest BCUT2D eigenvalue weighted by Gasteiger charge is -2.36. The molecule has 1 aliphatic heterocycles. The Kier molecular flexibility index (Phi) is 2.60. The standard InChI is InChI=1S/C7H12N2O4/c1-5-4-8(6(10)11)2-3-9(5)7(12)13/h5H,2-4H2,1H3,(H,10,11)(H,12,13)/t5-/m1/s1. The van der Waals surface area contributed by atoms with E-state index in [1.165, 1.54) is 9.80 Å². The molecule has 1 heterocycles. The first-order chi connectivity index (χ1) is 6.02. The molecule has 0 radical (unpaired) electrons. The molecule has 1 rings (SSSR count). The van der Waals surface area contributed by atoms with Crippen LogP contribution in [0.1, 0.15) is 6.92 Å². The van der Waals surface area contributed by atoms with Crippen LogP contribution >= 0.6 is 0 Å². The maximum absolute atomic E-state index is 10.6. The van der Waals surface area contributed by atoms with Gasteiger partial charge in [-0.25, -0.2) is 9.59 Å².